The Morgan fingerprint density at radius 2 is 1.57 bits per heavy atom. The van der Waals surface area contributed by atoms with Crippen LogP contribution in [0, 0.1) is 0 Å². The number of nitrogens with one attached hydrogen (secondary N) is 1. The summed E-state index contributed by atoms with van der Waals surface area (Å²) in [6.07, 6.45) is 0.762. The number of carbonyl (C=O) groups is 2. The van der Waals surface area contributed by atoms with Crippen LogP contribution in [0.15, 0.2) is 100 Å². The van der Waals surface area contributed by atoms with Crippen LogP contribution < -0.4 is 9.62 Å². The molecule has 42 heavy (non-hydrogen) atoms. The van der Waals surface area contributed by atoms with E-state index in [0.717, 1.165) is 26.4 Å². The van der Waals surface area contributed by atoms with Gasteiger partial charge in [0.2, 0.25) is 11.8 Å². The minimum Gasteiger partial charge on any atom is -0.352 e. The quantitative estimate of drug-likeness (QED) is 0.215. The number of anilines is 1. The number of sulfonamides is 1. The van der Waals surface area contributed by atoms with Crippen molar-refractivity contribution < 1.29 is 18.0 Å². The average molecular weight is 649 g/mol. The third-order valence-corrected chi connectivity index (χ3v) is 9.79. The van der Waals surface area contributed by atoms with E-state index in [1.165, 1.54) is 4.31 Å². The predicted octanol–water partition coefficient (Wildman–Crippen LogP) is 6.06. The first-order chi connectivity index (χ1) is 20.1. The number of halogens is 1. The van der Waals surface area contributed by atoms with Crippen molar-refractivity contribution in [2.45, 2.75) is 56.6 Å². The molecule has 0 aliphatic carbocycles. The summed E-state index contributed by atoms with van der Waals surface area (Å²) >= 11 is 3.46. The molecular formula is C33H34BrN3O4S. The highest BCUT2D eigenvalue weighted by molar-refractivity contribution is 9.10. The van der Waals surface area contributed by atoms with Gasteiger partial charge in [0.25, 0.3) is 10.0 Å². The summed E-state index contributed by atoms with van der Waals surface area (Å²) in [5.41, 5.74) is 2.48. The first-order valence-electron chi connectivity index (χ1n) is 14.1. The van der Waals surface area contributed by atoms with Crippen molar-refractivity contribution in [1.82, 2.24) is 10.2 Å². The third-order valence-electron chi connectivity index (χ3n) is 7.40. The molecule has 0 fully saturated rings. The number of carbonyl (C=O) groups excluding carboxylic acids is 2. The summed E-state index contributed by atoms with van der Waals surface area (Å²) in [5.74, 6) is -0.423. The van der Waals surface area contributed by atoms with Gasteiger partial charge in [0.05, 0.1) is 10.6 Å². The normalized spacial score (nSPS) is 14.2. The van der Waals surface area contributed by atoms with Gasteiger partial charge in [-0.25, -0.2) is 8.42 Å². The van der Waals surface area contributed by atoms with Crippen LogP contribution in [0.5, 0.6) is 0 Å². The molecule has 0 bridgehead atoms. The lowest BCUT2D eigenvalue weighted by atomic mass is 10.0. The number of nitrogens with zero attached hydrogens (tertiary/aromatic N) is 2. The summed E-state index contributed by atoms with van der Waals surface area (Å²) in [6.45, 7) is 4.21. The second-order valence-corrected chi connectivity index (χ2v) is 13.6. The molecule has 9 heteroatoms. The van der Waals surface area contributed by atoms with Crippen LogP contribution in [0.4, 0.5) is 5.69 Å². The molecule has 0 saturated carbocycles. The van der Waals surface area contributed by atoms with E-state index in [4.69, 9.17) is 0 Å². The van der Waals surface area contributed by atoms with Crippen molar-refractivity contribution >= 4 is 54.2 Å². The molecule has 1 aliphatic heterocycles. The van der Waals surface area contributed by atoms with Gasteiger partial charge in [-0.1, -0.05) is 82.7 Å². The smallest absolute Gasteiger partial charge is 0.265 e. The van der Waals surface area contributed by atoms with Crippen LogP contribution in [0.2, 0.25) is 0 Å². The van der Waals surface area contributed by atoms with Gasteiger partial charge in [0.1, 0.15) is 6.04 Å². The molecule has 1 aliphatic rings. The molecule has 0 saturated heterocycles. The fourth-order valence-corrected chi connectivity index (χ4v) is 7.45. The van der Waals surface area contributed by atoms with Crippen molar-refractivity contribution in [3.63, 3.8) is 0 Å². The summed E-state index contributed by atoms with van der Waals surface area (Å²) in [4.78, 5) is 29.4. The van der Waals surface area contributed by atoms with Crippen LogP contribution in [0.3, 0.4) is 0 Å². The van der Waals surface area contributed by atoms with E-state index in [1.807, 2.05) is 92.7 Å². The lowest BCUT2D eigenvalue weighted by molar-refractivity contribution is -0.141. The zero-order chi connectivity index (χ0) is 29.9. The van der Waals surface area contributed by atoms with E-state index in [1.54, 1.807) is 17.0 Å². The van der Waals surface area contributed by atoms with Crippen molar-refractivity contribution in [3.05, 3.63) is 107 Å². The second kappa shape index (κ2) is 12.7. The zero-order valence-corrected chi connectivity index (χ0v) is 26.1. The van der Waals surface area contributed by atoms with E-state index in [0.29, 0.717) is 23.4 Å². The van der Waals surface area contributed by atoms with Gasteiger partial charge in [-0.05, 0) is 61.0 Å². The first-order valence-corrected chi connectivity index (χ1v) is 16.3. The highest BCUT2D eigenvalue weighted by Crippen LogP contribution is 2.42. The Labute approximate surface area is 255 Å². The minimum atomic E-state index is -3.71. The van der Waals surface area contributed by atoms with Gasteiger partial charge in [-0.15, -0.1) is 0 Å². The zero-order valence-electron chi connectivity index (χ0n) is 23.7. The Kier molecular flexibility index (Phi) is 8.99. The van der Waals surface area contributed by atoms with Gasteiger partial charge in [-0.3, -0.25) is 13.9 Å². The molecule has 4 aromatic rings. The molecule has 1 unspecified atom stereocenters. The number of rotatable bonds is 11. The predicted molar refractivity (Wildman–Crippen MR) is 170 cm³/mol. The molecule has 7 nitrogen and oxygen atoms in total. The molecule has 1 atom stereocenters. The van der Waals surface area contributed by atoms with Gasteiger partial charge in [0, 0.05) is 41.8 Å². The largest absolute Gasteiger partial charge is 0.352 e. The monoisotopic (exact) mass is 647 g/mol. The SMILES string of the molecule is CC(C)NC(=O)C(Cc1ccccc1)N(Cc1ccc(Br)cc1)C(=O)CCCN1c2cccc3cccc(c23)S1(=O)=O. The van der Waals surface area contributed by atoms with E-state index in [2.05, 4.69) is 21.2 Å². The minimum absolute atomic E-state index is 0.0924. The molecular weight excluding hydrogens is 614 g/mol. The maximum Gasteiger partial charge on any atom is 0.265 e. The van der Waals surface area contributed by atoms with Gasteiger partial charge >= 0.3 is 0 Å². The van der Waals surface area contributed by atoms with E-state index in [9.17, 15) is 18.0 Å². The number of amides is 2. The number of hydrogen-bond acceptors (Lipinski definition) is 4. The molecule has 5 rings (SSSR count). The van der Waals surface area contributed by atoms with Crippen LogP contribution >= 0.6 is 15.9 Å². The van der Waals surface area contributed by atoms with Gasteiger partial charge in [-0.2, -0.15) is 0 Å². The molecule has 4 aromatic carbocycles. The fraction of sp³-hybridized carbons (Fsp3) is 0.273. The second-order valence-electron chi connectivity index (χ2n) is 10.8. The summed E-state index contributed by atoms with van der Waals surface area (Å²) < 4.78 is 29.2. The molecule has 0 spiro atoms. The Morgan fingerprint density at radius 1 is 0.881 bits per heavy atom. The Morgan fingerprint density at radius 3 is 2.26 bits per heavy atom. The standard InChI is InChI=1S/C33H34BrN3O4S/c1-23(2)35-33(39)29(21-24-9-4-3-5-10-24)36(22-25-16-18-27(34)19-17-25)31(38)15-8-20-37-28-13-6-11-26-12-7-14-30(32(26)28)42(37,40)41/h3-7,9-14,16-19,23,29H,8,15,20-22H2,1-2H3,(H,35,39). The molecule has 218 valence electrons. The maximum absolute atomic E-state index is 13.9. The molecule has 1 N–H and O–H groups in total. The van der Waals surface area contributed by atoms with E-state index >= 15 is 0 Å². The van der Waals surface area contributed by atoms with Gasteiger partial charge < -0.3 is 10.2 Å². The summed E-state index contributed by atoms with van der Waals surface area (Å²) in [6, 6.07) is 27.4. The lowest BCUT2D eigenvalue weighted by Gasteiger charge is -2.32. The maximum atomic E-state index is 13.9. The Balaban J connectivity index is 1.39. The first kappa shape index (κ1) is 29.8. The molecule has 0 radical (unpaired) electrons. The van der Waals surface area contributed by atoms with Crippen molar-refractivity contribution in [1.29, 1.82) is 0 Å². The highest BCUT2D eigenvalue weighted by Gasteiger charge is 2.36. The molecule has 2 amide bonds. The Bertz CT molecular complexity index is 1690. The fourth-order valence-electron chi connectivity index (χ4n) is 5.44. The third kappa shape index (κ3) is 6.37. The van der Waals surface area contributed by atoms with E-state index < -0.39 is 16.1 Å². The lowest BCUT2D eigenvalue weighted by Crippen LogP contribution is -2.51. The van der Waals surface area contributed by atoms with Crippen molar-refractivity contribution in [2.24, 2.45) is 0 Å². The number of hydrogen-bond donors (Lipinski definition) is 1. The highest BCUT2D eigenvalue weighted by atomic mass is 79.9. The van der Waals surface area contributed by atoms with Crippen molar-refractivity contribution in [3.8, 4) is 0 Å². The van der Waals surface area contributed by atoms with Gasteiger partial charge in [0.15, 0.2) is 0 Å². The van der Waals surface area contributed by atoms with Crippen LogP contribution in [-0.4, -0.2) is 43.8 Å². The van der Waals surface area contributed by atoms with Crippen LogP contribution in [-0.2, 0) is 32.6 Å². The summed E-state index contributed by atoms with van der Waals surface area (Å²) in [5, 5.41) is 4.59. The number of benzene rings is 4. The van der Waals surface area contributed by atoms with Crippen LogP contribution in [0.1, 0.15) is 37.8 Å². The molecule has 1 heterocycles. The molecule has 0 aromatic heterocycles. The van der Waals surface area contributed by atoms with E-state index in [-0.39, 0.29) is 37.4 Å². The van der Waals surface area contributed by atoms with Crippen molar-refractivity contribution in [2.75, 3.05) is 10.8 Å². The summed E-state index contributed by atoms with van der Waals surface area (Å²) in [7, 11) is -3.71. The topological polar surface area (TPSA) is 86.8 Å². The Hall–Kier alpha value is -3.69. The average Bonchev–Trinajstić information content (AvgIpc) is 3.19. The van der Waals surface area contributed by atoms with Crippen LogP contribution in [0.25, 0.3) is 10.8 Å².